The van der Waals surface area contributed by atoms with Gasteiger partial charge in [0.2, 0.25) is 0 Å². The first-order valence-electron chi connectivity index (χ1n) is 10.7. The molecule has 0 aliphatic heterocycles. The lowest BCUT2D eigenvalue weighted by Crippen LogP contribution is -2.09. The van der Waals surface area contributed by atoms with Crippen molar-refractivity contribution in [3.8, 4) is 11.1 Å². The van der Waals surface area contributed by atoms with Crippen molar-refractivity contribution in [2.45, 2.75) is 59.3 Å². The topological polar surface area (TPSA) is 46.5 Å². The number of aryl methyl sites for hydroxylation is 3. The van der Waals surface area contributed by atoms with Crippen molar-refractivity contribution in [3.05, 3.63) is 70.8 Å². The van der Waals surface area contributed by atoms with E-state index in [1.165, 1.54) is 33.4 Å². The third kappa shape index (κ3) is 6.57. The lowest BCUT2D eigenvalue weighted by atomic mass is 9.91. The summed E-state index contributed by atoms with van der Waals surface area (Å²) in [7, 11) is 0. The number of benzene rings is 2. The molecule has 1 N–H and O–H groups in total. The van der Waals surface area contributed by atoms with Gasteiger partial charge in [0, 0.05) is 18.6 Å². The maximum Gasteiger partial charge on any atom is 0.333 e. The van der Waals surface area contributed by atoms with Crippen LogP contribution in [0.25, 0.3) is 11.1 Å². The van der Waals surface area contributed by atoms with Crippen LogP contribution in [0.3, 0.4) is 0 Å². The van der Waals surface area contributed by atoms with Crippen LogP contribution in [0, 0.1) is 0 Å². The molecule has 0 fully saturated rings. The van der Waals surface area contributed by atoms with E-state index >= 15 is 0 Å². The monoisotopic (exact) mass is 394 g/mol. The van der Waals surface area contributed by atoms with Crippen LogP contribution in [0.1, 0.15) is 55.9 Å². The summed E-state index contributed by atoms with van der Waals surface area (Å²) < 4.78 is 5.31. The van der Waals surface area contributed by atoms with E-state index in [0.29, 0.717) is 18.6 Å². The lowest BCUT2D eigenvalue weighted by Gasteiger charge is -2.15. The van der Waals surface area contributed by atoms with Crippen LogP contribution in [0.4, 0.5) is 0 Å². The number of hydrogen-bond donors (Lipinski definition) is 1. The number of aliphatic hydroxyl groups is 1. The van der Waals surface area contributed by atoms with Crippen molar-refractivity contribution < 1.29 is 14.6 Å². The summed E-state index contributed by atoms with van der Waals surface area (Å²) in [6.45, 7) is 10.2. The molecule has 2 aromatic carbocycles. The third-order valence-electron chi connectivity index (χ3n) is 5.16. The molecule has 0 saturated carbocycles. The van der Waals surface area contributed by atoms with Gasteiger partial charge in [0.25, 0.3) is 0 Å². The summed E-state index contributed by atoms with van der Waals surface area (Å²) in [5.74, 6) is -0.349. The van der Waals surface area contributed by atoms with Gasteiger partial charge in [-0.3, -0.25) is 0 Å². The van der Waals surface area contributed by atoms with E-state index in [2.05, 4.69) is 56.8 Å². The smallest absolute Gasteiger partial charge is 0.333 e. The summed E-state index contributed by atoms with van der Waals surface area (Å²) in [5.41, 5.74) is 8.00. The van der Waals surface area contributed by atoms with Gasteiger partial charge in [-0.1, -0.05) is 63.2 Å². The minimum Gasteiger partial charge on any atom is -0.462 e. The number of carbonyl (C=O) groups excluding carboxylic acids is 1. The number of carbonyl (C=O) groups is 1. The Morgan fingerprint density at radius 2 is 1.79 bits per heavy atom. The van der Waals surface area contributed by atoms with Crippen molar-refractivity contribution in [2.24, 2.45) is 0 Å². The van der Waals surface area contributed by atoms with Crippen LogP contribution in [0.2, 0.25) is 0 Å². The van der Waals surface area contributed by atoms with Crippen LogP contribution in [-0.4, -0.2) is 24.3 Å². The normalized spacial score (nSPS) is 10.8. The highest BCUT2D eigenvalue weighted by molar-refractivity contribution is 5.86. The molecule has 3 nitrogen and oxygen atoms in total. The Labute approximate surface area is 175 Å². The summed E-state index contributed by atoms with van der Waals surface area (Å²) in [6, 6.07) is 13.3. The summed E-state index contributed by atoms with van der Waals surface area (Å²) in [4.78, 5) is 11.7. The van der Waals surface area contributed by atoms with Crippen molar-refractivity contribution >= 4 is 5.97 Å². The number of ether oxygens (including phenoxy) is 1. The molecular weight excluding hydrogens is 360 g/mol. The number of rotatable bonds is 11. The molecule has 0 saturated heterocycles. The summed E-state index contributed by atoms with van der Waals surface area (Å²) in [6.07, 6.45) is 5.44. The van der Waals surface area contributed by atoms with E-state index in [1.54, 1.807) is 6.92 Å². The standard InChI is InChI=1S/C26H34O3/c1-5-8-20-10-13-25(21(6-2)17-20)24-12-11-22(9-7-15-27)23(18-24)14-16-29-26(28)19(3)4/h10-13,17-18,27H,3,5-9,14-16H2,1-2,4H3. The Hall–Kier alpha value is -2.39. The van der Waals surface area contributed by atoms with E-state index in [9.17, 15) is 9.90 Å². The molecule has 2 rings (SSSR count). The van der Waals surface area contributed by atoms with E-state index in [0.717, 1.165) is 32.1 Å². The zero-order chi connectivity index (χ0) is 21.2. The molecule has 156 valence electrons. The predicted octanol–water partition coefficient (Wildman–Crippen LogP) is 5.46. The minimum absolute atomic E-state index is 0.171. The highest BCUT2D eigenvalue weighted by Gasteiger charge is 2.11. The number of aliphatic hydroxyl groups excluding tert-OH is 1. The van der Waals surface area contributed by atoms with Gasteiger partial charge in [-0.25, -0.2) is 4.79 Å². The van der Waals surface area contributed by atoms with Gasteiger partial charge in [-0.05, 0) is 66.0 Å². The lowest BCUT2D eigenvalue weighted by molar-refractivity contribution is -0.138. The summed E-state index contributed by atoms with van der Waals surface area (Å²) >= 11 is 0. The average Bonchev–Trinajstić information content (AvgIpc) is 2.72. The first-order chi connectivity index (χ1) is 14.0. The Morgan fingerprint density at radius 3 is 2.45 bits per heavy atom. The van der Waals surface area contributed by atoms with Crippen molar-refractivity contribution in [3.63, 3.8) is 0 Å². The minimum atomic E-state index is -0.349. The van der Waals surface area contributed by atoms with Crippen molar-refractivity contribution in [1.29, 1.82) is 0 Å². The van der Waals surface area contributed by atoms with Crippen molar-refractivity contribution in [2.75, 3.05) is 13.2 Å². The van der Waals surface area contributed by atoms with E-state index in [1.807, 2.05) is 0 Å². The third-order valence-corrected chi connectivity index (χ3v) is 5.16. The quantitative estimate of drug-likeness (QED) is 0.407. The Morgan fingerprint density at radius 1 is 1.00 bits per heavy atom. The zero-order valence-corrected chi connectivity index (χ0v) is 18.1. The zero-order valence-electron chi connectivity index (χ0n) is 18.1. The molecule has 0 bridgehead atoms. The number of esters is 1. The Balaban J connectivity index is 2.31. The predicted molar refractivity (Wildman–Crippen MR) is 120 cm³/mol. The van der Waals surface area contributed by atoms with E-state index in [4.69, 9.17) is 4.74 Å². The van der Waals surface area contributed by atoms with Gasteiger partial charge >= 0.3 is 5.97 Å². The largest absolute Gasteiger partial charge is 0.462 e. The highest BCUT2D eigenvalue weighted by atomic mass is 16.5. The molecule has 0 radical (unpaired) electrons. The van der Waals surface area contributed by atoms with E-state index in [-0.39, 0.29) is 12.6 Å². The van der Waals surface area contributed by atoms with Gasteiger partial charge in [0.15, 0.2) is 0 Å². The summed E-state index contributed by atoms with van der Waals surface area (Å²) in [5, 5.41) is 9.22. The average molecular weight is 395 g/mol. The molecule has 3 heteroatoms. The molecule has 2 aromatic rings. The molecule has 0 aliphatic carbocycles. The second-order valence-electron chi connectivity index (χ2n) is 7.57. The van der Waals surface area contributed by atoms with Gasteiger partial charge in [0.1, 0.15) is 0 Å². The van der Waals surface area contributed by atoms with Crippen LogP contribution >= 0.6 is 0 Å². The van der Waals surface area contributed by atoms with Crippen LogP contribution in [-0.2, 0) is 35.2 Å². The second kappa shape index (κ2) is 11.6. The number of hydrogen-bond acceptors (Lipinski definition) is 3. The van der Waals surface area contributed by atoms with Gasteiger partial charge in [0.05, 0.1) is 6.61 Å². The molecule has 29 heavy (non-hydrogen) atoms. The fourth-order valence-corrected chi connectivity index (χ4v) is 3.58. The fourth-order valence-electron chi connectivity index (χ4n) is 3.58. The fraction of sp³-hybridized carbons (Fsp3) is 0.423. The molecule has 0 heterocycles. The highest BCUT2D eigenvalue weighted by Crippen LogP contribution is 2.28. The maximum atomic E-state index is 11.7. The van der Waals surface area contributed by atoms with Crippen molar-refractivity contribution in [1.82, 2.24) is 0 Å². The second-order valence-corrected chi connectivity index (χ2v) is 7.57. The SMILES string of the molecule is C=C(C)C(=O)OCCc1cc(-c2ccc(CCC)cc2CC)ccc1CCCO. The molecule has 0 spiro atoms. The van der Waals surface area contributed by atoms with Crippen LogP contribution in [0.5, 0.6) is 0 Å². The molecule has 0 aromatic heterocycles. The van der Waals surface area contributed by atoms with Gasteiger partial charge < -0.3 is 9.84 Å². The molecular formula is C26H34O3. The molecule has 0 aliphatic rings. The molecule has 0 atom stereocenters. The Kier molecular flexibility index (Phi) is 9.14. The van der Waals surface area contributed by atoms with Gasteiger partial charge in [-0.2, -0.15) is 0 Å². The van der Waals surface area contributed by atoms with Gasteiger partial charge in [-0.15, -0.1) is 0 Å². The molecule has 0 amide bonds. The molecule has 0 unspecified atom stereocenters. The van der Waals surface area contributed by atoms with Crippen LogP contribution in [0.15, 0.2) is 48.6 Å². The maximum absolute atomic E-state index is 11.7. The first-order valence-corrected chi connectivity index (χ1v) is 10.7. The van der Waals surface area contributed by atoms with E-state index < -0.39 is 0 Å². The van der Waals surface area contributed by atoms with Crippen LogP contribution < -0.4 is 0 Å². The Bertz CT molecular complexity index is 836. The first kappa shape index (κ1) is 22.9.